The second-order valence-electron chi connectivity index (χ2n) is 7.99. The van der Waals surface area contributed by atoms with Crippen molar-refractivity contribution < 1.29 is 13.2 Å². The van der Waals surface area contributed by atoms with Crippen LogP contribution in [0.2, 0.25) is 0 Å². The van der Waals surface area contributed by atoms with Gasteiger partial charge in [-0.15, -0.1) is 0 Å². The van der Waals surface area contributed by atoms with Crippen LogP contribution in [-0.4, -0.2) is 49.4 Å². The molecule has 29 heavy (non-hydrogen) atoms. The Balaban J connectivity index is 1.72. The minimum Gasteiger partial charge on any atom is -0.399 e. The molecule has 0 radical (unpaired) electrons. The second kappa shape index (κ2) is 8.28. The smallest absolute Gasteiger partial charge is 0.161 e. The number of rotatable bonds is 5. The van der Waals surface area contributed by atoms with Crippen LogP contribution in [0.15, 0.2) is 30.3 Å². The Morgan fingerprint density at radius 3 is 2.59 bits per heavy atom. The lowest BCUT2D eigenvalue weighted by Crippen LogP contribution is -2.44. The molecule has 2 aliphatic rings. The Hall–Kier alpha value is -2.19. The van der Waals surface area contributed by atoms with Gasteiger partial charge in [0.2, 0.25) is 0 Å². The number of nitrogen functional groups attached to an aromatic ring is 1. The fourth-order valence-corrected chi connectivity index (χ4v) is 5.95. The molecule has 1 aromatic carbocycles. The van der Waals surface area contributed by atoms with E-state index in [9.17, 15) is 8.42 Å². The van der Waals surface area contributed by atoms with Gasteiger partial charge in [0.25, 0.3) is 0 Å². The van der Waals surface area contributed by atoms with Gasteiger partial charge in [-0.3, -0.25) is 0 Å². The Labute approximate surface area is 172 Å². The summed E-state index contributed by atoms with van der Waals surface area (Å²) in [6.07, 6.45) is 3.49. The quantitative estimate of drug-likeness (QED) is 0.748. The molecule has 2 aromatic rings. The first-order valence-corrected chi connectivity index (χ1v) is 11.9. The Kier molecular flexibility index (Phi) is 5.74. The second-order valence-corrected chi connectivity index (χ2v) is 10.3. The minimum absolute atomic E-state index is 0.0477. The Morgan fingerprint density at radius 2 is 1.90 bits per heavy atom. The number of nitrogens with zero attached hydrogens (tertiary/aromatic N) is 3. The highest BCUT2D eigenvalue weighted by molar-refractivity contribution is 7.91. The van der Waals surface area contributed by atoms with E-state index in [2.05, 4.69) is 16.8 Å². The molecule has 4 rings (SSSR count). The number of hydrogen-bond acceptors (Lipinski definition) is 7. The summed E-state index contributed by atoms with van der Waals surface area (Å²) in [5.41, 5.74) is 7.84. The lowest BCUT2D eigenvalue weighted by Gasteiger charge is -2.34. The van der Waals surface area contributed by atoms with Gasteiger partial charge in [-0.25, -0.2) is 18.4 Å². The van der Waals surface area contributed by atoms with Crippen LogP contribution in [0.5, 0.6) is 0 Å². The van der Waals surface area contributed by atoms with Crippen molar-refractivity contribution in [1.29, 1.82) is 0 Å². The lowest BCUT2D eigenvalue weighted by molar-refractivity contribution is 0.0985. The summed E-state index contributed by atoms with van der Waals surface area (Å²) in [4.78, 5) is 11.5. The summed E-state index contributed by atoms with van der Waals surface area (Å²) < 4.78 is 31.4. The zero-order valence-corrected chi connectivity index (χ0v) is 17.6. The third-order valence-electron chi connectivity index (χ3n) is 5.76. The van der Waals surface area contributed by atoms with Crippen LogP contribution in [0, 0.1) is 0 Å². The van der Waals surface area contributed by atoms with Crippen LogP contribution in [0.4, 0.5) is 11.5 Å². The van der Waals surface area contributed by atoms with Crippen molar-refractivity contribution in [3.8, 4) is 11.4 Å². The van der Waals surface area contributed by atoms with Crippen molar-refractivity contribution in [2.45, 2.75) is 49.7 Å². The normalized spacial score (nSPS) is 20.9. The molecule has 0 amide bonds. The van der Waals surface area contributed by atoms with Crippen LogP contribution in [0.25, 0.3) is 11.4 Å². The van der Waals surface area contributed by atoms with E-state index in [0.717, 1.165) is 37.1 Å². The molecule has 8 heteroatoms. The highest BCUT2D eigenvalue weighted by Crippen LogP contribution is 2.29. The first-order chi connectivity index (χ1) is 13.9. The number of aromatic nitrogens is 2. The molecule has 0 spiro atoms. The van der Waals surface area contributed by atoms with Gasteiger partial charge in [0, 0.05) is 23.9 Å². The monoisotopic (exact) mass is 416 g/mol. The van der Waals surface area contributed by atoms with Gasteiger partial charge in [-0.05, 0) is 44.0 Å². The highest BCUT2D eigenvalue weighted by Gasteiger charge is 2.30. The number of morpholine rings is 1. The zero-order valence-electron chi connectivity index (χ0n) is 16.8. The molecule has 1 aromatic heterocycles. The molecule has 0 unspecified atom stereocenters. The first-order valence-electron chi connectivity index (χ1n) is 10.2. The fraction of sp³-hybridized carbons (Fsp3) is 0.524. The van der Waals surface area contributed by atoms with E-state index in [1.54, 1.807) is 12.1 Å². The molecule has 7 nitrogen and oxygen atoms in total. The molecular formula is C21H28N4O3S. The van der Waals surface area contributed by atoms with E-state index in [1.807, 2.05) is 18.2 Å². The lowest BCUT2D eigenvalue weighted by atomic mass is 10.2. The third kappa shape index (κ3) is 4.53. The summed E-state index contributed by atoms with van der Waals surface area (Å²) in [6, 6.07) is 9.33. The van der Waals surface area contributed by atoms with Gasteiger partial charge >= 0.3 is 0 Å². The van der Waals surface area contributed by atoms with E-state index in [1.165, 1.54) is 0 Å². The number of sulfone groups is 1. The number of nitrogens with two attached hydrogens (primary N) is 1. The molecule has 1 aliphatic heterocycles. The molecule has 1 atom stereocenters. The minimum atomic E-state index is -3.23. The van der Waals surface area contributed by atoms with Gasteiger partial charge in [0.1, 0.15) is 5.82 Å². The van der Waals surface area contributed by atoms with E-state index < -0.39 is 9.84 Å². The predicted molar refractivity (Wildman–Crippen MR) is 114 cm³/mol. The number of benzene rings is 1. The summed E-state index contributed by atoms with van der Waals surface area (Å²) in [5.74, 6) is 1.23. The highest BCUT2D eigenvalue weighted by atomic mass is 32.2. The van der Waals surface area contributed by atoms with Crippen LogP contribution < -0.4 is 10.6 Å². The maximum absolute atomic E-state index is 12.9. The van der Waals surface area contributed by atoms with Gasteiger partial charge in [0.05, 0.1) is 36.0 Å². The summed E-state index contributed by atoms with van der Waals surface area (Å²) >= 11 is 0. The van der Waals surface area contributed by atoms with Crippen molar-refractivity contribution >= 4 is 21.3 Å². The van der Waals surface area contributed by atoms with Gasteiger partial charge in [0.15, 0.2) is 15.7 Å². The van der Waals surface area contributed by atoms with E-state index in [0.29, 0.717) is 37.0 Å². The van der Waals surface area contributed by atoms with Crippen molar-refractivity contribution in [3.63, 3.8) is 0 Å². The van der Waals surface area contributed by atoms with E-state index in [4.69, 9.17) is 15.5 Å². The molecule has 1 saturated carbocycles. The van der Waals surface area contributed by atoms with Crippen LogP contribution in [0.1, 0.15) is 38.3 Å². The number of ether oxygens (including phenoxy) is 1. The summed E-state index contributed by atoms with van der Waals surface area (Å²) in [7, 11) is -3.23. The molecule has 2 N–H and O–H groups in total. The van der Waals surface area contributed by atoms with Crippen molar-refractivity contribution in [1.82, 2.24) is 9.97 Å². The summed E-state index contributed by atoms with van der Waals surface area (Å²) in [5, 5.41) is -0.247. The largest absolute Gasteiger partial charge is 0.399 e. The topological polar surface area (TPSA) is 98.4 Å². The predicted octanol–water partition coefficient (Wildman–Crippen LogP) is 2.81. The fourth-order valence-electron chi connectivity index (χ4n) is 4.10. The molecular weight excluding hydrogens is 388 g/mol. The zero-order chi connectivity index (χ0) is 20.4. The molecule has 0 bridgehead atoms. The average molecular weight is 417 g/mol. The molecule has 1 aliphatic carbocycles. The average Bonchev–Trinajstić information content (AvgIpc) is 3.24. The molecule has 156 valence electrons. The van der Waals surface area contributed by atoms with Crippen molar-refractivity contribution in [2.75, 3.05) is 30.4 Å². The maximum Gasteiger partial charge on any atom is 0.161 e. The van der Waals surface area contributed by atoms with Crippen LogP contribution in [0.3, 0.4) is 0 Å². The third-order valence-corrected chi connectivity index (χ3v) is 7.94. The Bertz CT molecular complexity index is 956. The number of hydrogen-bond donors (Lipinski definition) is 1. The van der Waals surface area contributed by atoms with E-state index >= 15 is 0 Å². The standard InChI is InChI=1S/C21H28N4O3S/c1-15-13-28-11-10-25(15)20-12-18(14-29(26,27)19-4-2-3-5-19)23-21(24-20)16-6-8-17(22)9-7-16/h6-9,12,15,19H,2-5,10-11,13-14,22H2,1H3/t15-/m0/s1. The van der Waals surface area contributed by atoms with Gasteiger partial charge in [-0.2, -0.15) is 0 Å². The van der Waals surface area contributed by atoms with Crippen molar-refractivity contribution in [2.24, 2.45) is 0 Å². The Morgan fingerprint density at radius 1 is 1.17 bits per heavy atom. The molecule has 1 saturated heterocycles. The first kappa shape index (κ1) is 20.1. The van der Waals surface area contributed by atoms with Crippen LogP contribution in [-0.2, 0) is 20.3 Å². The van der Waals surface area contributed by atoms with E-state index in [-0.39, 0.29) is 17.0 Å². The van der Waals surface area contributed by atoms with Gasteiger partial charge in [-0.1, -0.05) is 12.8 Å². The summed E-state index contributed by atoms with van der Waals surface area (Å²) in [6.45, 7) is 4.05. The molecule has 2 fully saturated rings. The van der Waals surface area contributed by atoms with Crippen molar-refractivity contribution in [3.05, 3.63) is 36.0 Å². The van der Waals surface area contributed by atoms with Crippen LogP contribution >= 0.6 is 0 Å². The van der Waals surface area contributed by atoms with Gasteiger partial charge < -0.3 is 15.4 Å². The molecule has 2 heterocycles. The number of anilines is 2. The maximum atomic E-state index is 12.9. The SMILES string of the molecule is C[C@H]1COCCN1c1cc(CS(=O)(=O)C2CCCC2)nc(-c2ccc(N)cc2)n1.